The molecular formula is C25H22FNO4S. The van der Waals surface area contributed by atoms with Crippen molar-refractivity contribution >= 4 is 29.3 Å². The van der Waals surface area contributed by atoms with Gasteiger partial charge in [-0.05, 0) is 24.3 Å². The molecule has 0 bridgehead atoms. The molecule has 1 fully saturated rings. The number of carbonyl (C=O) groups excluding carboxylic acids is 1. The quantitative estimate of drug-likeness (QED) is 0.520. The van der Waals surface area contributed by atoms with E-state index in [-0.39, 0.29) is 18.2 Å². The Morgan fingerprint density at radius 2 is 1.94 bits per heavy atom. The van der Waals surface area contributed by atoms with E-state index >= 15 is 0 Å². The van der Waals surface area contributed by atoms with Gasteiger partial charge in [-0.25, -0.2) is 4.39 Å². The van der Waals surface area contributed by atoms with E-state index in [4.69, 9.17) is 9.47 Å². The molecule has 2 heterocycles. The average Bonchev–Trinajstić information content (AvgIpc) is 3.13. The number of halogens is 1. The van der Waals surface area contributed by atoms with Gasteiger partial charge in [0, 0.05) is 24.5 Å². The van der Waals surface area contributed by atoms with Crippen molar-refractivity contribution in [2.24, 2.45) is 0 Å². The van der Waals surface area contributed by atoms with E-state index in [0.717, 1.165) is 5.56 Å². The number of aliphatic hydroxyl groups is 1. The zero-order valence-electron chi connectivity index (χ0n) is 17.3. The molecule has 0 spiro atoms. The van der Waals surface area contributed by atoms with Crippen molar-refractivity contribution in [3.05, 3.63) is 75.9 Å². The number of nitrogens with one attached hydrogen (secondary N) is 1. The summed E-state index contributed by atoms with van der Waals surface area (Å²) < 4.78 is 24.9. The minimum absolute atomic E-state index is 0.114. The average molecular weight is 452 g/mol. The summed E-state index contributed by atoms with van der Waals surface area (Å²) in [5.41, 5.74) is 0.0211. The van der Waals surface area contributed by atoms with Gasteiger partial charge in [0.15, 0.2) is 5.78 Å². The maximum atomic E-state index is 13.9. The number of rotatable bonds is 5. The molecule has 0 aliphatic carbocycles. The Morgan fingerprint density at radius 3 is 2.75 bits per heavy atom. The second-order valence-electron chi connectivity index (χ2n) is 7.36. The summed E-state index contributed by atoms with van der Waals surface area (Å²) in [6.45, 7) is 1.11. The van der Waals surface area contributed by atoms with Crippen LogP contribution in [-0.2, 0) is 9.53 Å². The van der Waals surface area contributed by atoms with Gasteiger partial charge in [-0.2, -0.15) is 0 Å². The molecule has 0 radical (unpaired) electrons. The van der Waals surface area contributed by atoms with E-state index in [1.54, 1.807) is 30.3 Å². The molecule has 2 aliphatic heterocycles. The minimum atomic E-state index is -1.02. The van der Waals surface area contributed by atoms with Crippen LogP contribution in [0.1, 0.15) is 18.4 Å². The Morgan fingerprint density at radius 1 is 1.19 bits per heavy atom. The topological polar surface area (TPSA) is 67.8 Å². The highest BCUT2D eigenvalue weighted by molar-refractivity contribution is 8.08. The number of anilines is 1. The van der Waals surface area contributed by atoms with E-state index in [9.17, 15) is 14.3 Å². The lowest BCUT2D eigenvalue weighted by Crippen LogP contribution is -2.34. The summed E-state index contributed by atoms with van der Waals surface area (Å²) in [5.74, 6) is 5.80. The zero-order valence-corrected chi connectivity index (χ0v) is 18.1. The fourth-order valence-corrected chi connectivity index (χ4v) is 4.18. The number of ether oxygens (including phenoxy) is 2. The van der Waals surface area contributed by atoms with Crippen LogP contribution in [0.4, 0.5) is 10.1 Å². The van der Waals surface area contributed by atoms with Gasteiger partial charge in [-0.3, -0.25) is 4.79 Å². The molecule has 2 aromatic rings. The first-order valence-electron chi connectivity index (χ1n) is 10.2. The highest BCUT2D eigenvalue weighted by Crippen LogP contribution is 2.37. The Kier molecular flexibility index (Phi) is 6.96. The lowest BCUT2D eigenvalue weighted by Gasteiger charge is -2.26. The number of para-hydroxylation sites is 2. The third-order valence-electron chi connectivity index (χ3n) is 5.00. The summed E-state index contributed by atoms with van der Waals surface area (Å²) in [6.07, 6.45) is 4.16. The summed E-state index contributed by atoms with van der Waals surface area (Å²) in [5, 5.41) is 13.9. The number of allylic oxidation sites excluding steroid dienone is 2. The zero-order chi connectivity index (χ0) is 22.4. The molecule has 32 heavy (non-hydrogen) atoms. The summed E-state index contributed by atoms with van der Waals surface area (Å²) in [7, 11) is 0. The van der Waals surface area contributed by atoms with Gasteiger partial charge in [0.1, 0.15) is 23.8 Å². The van der Waals surface area contributed by atoms with Crippen molar-refractivity contribution in [2.75, 3.05) is 25.1 Å². The van der Waals surface area contributed by atoms with E-state index in [0.29, 0.717) is 47.4 Å². The highest BCUT2D eigenvalue weighted by atomic mass is 32.2. The Bertz CT molecular complexity index is 1130. The van der Waals surface area contributed by atoms with Gasteiger partial charge in [-0.1, -0.05) is 53.9 Å². The maximum absolute atomic E-state index is 13.9. The molecule has 0 atom stereocenters. The van der Waals surface area contributed by atoms with Crippen molar-refractivity contribution in [1.82, 2.24) is 0 Å². The first-order chi connectivity index (χ1) is 15.5. The molecular weight excluding hydrogens is 429 g/mol. The number of thioether (sulfide) groups is 1. The fourth-order valence-electron chi connectivity index (χ4n) is 3.27. The number of ketones is 1. The van der Waals surface area contributed by atoms with Gasteiger partial charge in [-0.15, -0.1) is 0 Å². The van der Waals surface area contributed by atoms with Crippen LogP contribution in [-0.4, -0.2) is 36.3 Å². The molecule has 0 aromatic heterocycles. The van der Waals surface area contributed by atoms with Crippen LogP contribution >= 0.6 is 11.8 Å². The molecule has 2 aromatic carbocycles. The van der Waals surface area contributed by atoms with Crippen LogP contribution in [0.5, 0.6) is 5.75 Å². The molecule has 2 N–H and O–H groups in total. The van der Waals surface area contributed by atoms with Crippen molar-refractivity contribution < 1.29 is 23.8 Å². The van der Waals surface area contributed by atoms with Gasteiger partial charge >= 0.3 is 0 Å². The van der Waals surface area contributed by atoms with E-state index < -0.39 is 5.60 Å². The maximum Gasteiger partial charge on any atom is 0.195 e. The third kappa shape index (κ3) is 5.60. The summed E-state index contributed by atoms with van der Waals surface area (Å²) in [4.78, 5) is 12.9. The first kappa shape index (κ1) is 22.2. The highest BCUT2D eigenvalue weighted by Gasteiger charge is 2.27. The third-order valence-corrected chi connectivity index (χ3v) is 5.98. The molecule has 164 valence electrons. The normalized spacial score (nSPS) is 18.6. The largest absolute Gasteiger partial charge is 0.480 e. The van der Waals surface area contributed by atoms with Gasteiger partial charge in [0.25, 0.3) is 0 Å². The number of benzene rings is 2. The molecule has 0 amide bonds. The van der Waals surface area contributed by atoms with E-state index in [1.807, 2.05) is 18.2 Å². The lowest BCUT2D eigenvalue weighted by atomic mass is 9.95. The molecule has 0 saturated carbocycles. The second kappa shape index (κ2) is 10.0. The molecule has 7 heteroatoms. The smallest absolute Gasteiger partial charge is 0.195 e. The second-order valence-corrected chi connectivity index (χ2v) is 8.44. The van der Waals surface area contributed by atoms with Gasteiger partial charge < -0.3 is 19.9 Å². The molecule has 4 rings (SSSR count). The monoisotopic (exact) mass is 451 g/mol. The number of hydrogen-bond acceptors (Lipinski definition) is 6. The van der Waals surface area contributed by atoms with E-state index in [1.165, 1.54) is 23.9 Å². The van der Waals surface area contributed by atoms with Crippen LogP contribution in [0.2, 0.25) is 0 Å². The standard InChI is InChI=1S/C25H22FNO4S/c26-19-7-2-3-8-20(19)27-24-17-21(28)23(32-24)16-18-6-1-4-9-22(18)31-13-5-10-25(29)11-14-30-15-12-25/h1-4,6-9,16-17,27,29H,11-15H2/b23-16-. The Balaban J connectivity index is 1.42. The fraction of sp³-hybridized carbons (Fsp3) is 0.240. The molecule has 2 aliphatic rings. The van der Waals surface area contributed by atoms with Crippen LogP contribution < -0.4 is 10.1 Å². The summed E-state index contributed by atoms with van der Waals surface area (Å²) >= 11 is 1.24. The van der Waals surface area contributed by atoms with Crippen LogP contribution in [0.3, 0.4) is 0 Å². The van der Waals surface area contributed by atoms with Crippen LogP contribution in [0, 0.1) is 17.7 Å². The Labute approximate surface area is 190 Å². The number of carbonyl (C=O) groups is 1. The van der Waals surface area contributed by atoms with Gasteiger partial charge in [0.2, 0.25) is 0 Å². The predicted octanol–water partition coefficient (Wildman–Crippen LogP) is 4.36. The van der Waals surface area contributed by atoms with Crippen molar-refractivity contribution in [2.45, 2.75) is 18.4 Å². The molecule has 0 unspecified atom stereocenters. The van der Waals surface area contributed by atoms with Crippen LogP contribution in [0.25, 0.3) is 6.08 Å². The SMILES string of the molecule is O=C1C=C(Nc2ccccc2F)S/C1=C\c1ccccc1OCC#CC1(O)CCOCC1. The molecule has 5 nitrogen and oxygen atoms in total. The minimum Gasteiger partial charge on any atom is -0.480 e. The van der Waals surface area contributed by atoms with Crippen molar-refractivity contribution in [3.8, 4) is 17.6 Å². The summed E-state index contributed by atoms with van der Waals surface area (Å²) in [6, 6.07) is 13.6. The predicted molar refractivity (Wildman–Crippen MR) is 123 cm³/mol. The van der Waals surface area contributed by atoms with Gasteiger partial charge in [0.05, 0.1) is 28.8 Å². The Hall–Kier alpha value is -3.05. The lowest BCUT2D eigenvalue weighted by molar-refractivity contribution is -0.110. The van der Waals surface area contributed by atoms with E-state index in [2.05, 4.69) is 17.2 Å². The molecule has 1 saturated heterocycles. The van der Waals surface area contributed by atoms with Crippen LogP contribution in [0.15, 0.2) is 64.5 Å². The number of hydrogen-bond donors (Lipinski definition) is 2. The first-order valence-corrected chi connectivity index (χ1v) is 11.0. The van der Waals surface area contributed by atoms with Crippen molar-refractivity contribution in [3.63, 3.8) is 0 Å². The van der Waals surface area contributed by atoms with Crippen molar-refractivity contribution in [1.29, 1.82) is 0 Å².